The maximum atomic E-state index is 11.7. The quantitative estimate of drug-likeness (QED) is 0.839. The number of aliphatic hydroxyl groups is 1. The Morgan fingerprint density at radius 2 is 2.22 bits per heavy atom. The maximum Gasteiger partial charge on any atom is 0.254 e. The van der Waals surface area contributed by atoms with Gasteiger partial charge in [-0.15, -0.1) is 0 Å². The number of carbonyl (C=O) groups is 1. The van der Waals surface area contributed by atoms with Crippen LogP contribution < -0.4 is 5.32 Å². The Bertz CT molecular complexity index is 424. The molecule has 1 amide bonds. The first-order chi connectivity index (χ1) is 8.50. The van der Waals surface area contributed by atoms with E-state index >= 15 is 0 Å². The first-order valence-corrected chi connectivity index (χ1v) is 6.14. The van der Waals surface area contributed by atoms with E-state index in [9.17, 15) is 9.90 Å². The summed E-state index contributed by atoms with van der Waals surface area (Å²) in [4.78, 5) is 17.3. The summed E-state index contributed by atoms with van der Waals surface area (Å²) in [7, 11) is 3.42. The molecule has 2 N–H and O–H groups in total. The van der Waals surface area contributed by atoms with Gasteiger partial charge in [-0.3, -0.25) is 4.79 Å². The third-order valence-electron chi connectivity index (χ3n) is 3.30. The summed E-state index contributed by atoms with van der Waals surface area (Å²) >= 11 is 0. The van der Waals surface area contributed by atoms with Gasteiger partial charge in [0.2, 0.25) is 0 Å². The summed E-state index contributed by atoms with van der Waals surface area (Å²) in [6.45, 7) is 0.515. The summed E-state index contributed by atoms with van der Waals surface area (Å²) in [5.41, 5.74) is -0.00676. The number of hydrogen-bond donors (Lipinski definition) is 2. The molecule has 1 saturated carbocycles. The van der Waals surface area contributed by atoms with E-state index in [0.717, 1.165) is 19.3 Å². The van der Waals surface area contributed by atoms with Crippen molar-refractivity contribution in [2.45, 2.75) is 24.9 Å². The molecule has 0 saturated heterocycles. The zero-order valence-corrected chi connectivity index (χ0v) is 10.8. The van der Waals surface area contributed by atoms with Crippen LogP contribution in [0.3, 0.4) is 0 Å². The van der Waals surface area contributed by atoms with Crippen molar-refractivity contribution in [1.29, 1.82) is 0 Å². The Kier molecular flexibility index (Phi) is 3.52. The summed E-state index contributed by atoms with van der Waals surface area (Å²) in [6, 6.07) is 3.50. The highest BCUT2D eigenvalue weighted by atomic mass is 16.3. The second kappa shape index (κ2) is 4.94. The van der Waals surface area contributed by atoms with Gasteiger partial charge in [-0.1, -0.05) is 0 Å². The van der Waals surface area contributed by atoms with Gasteiger partial charge in [-0.25, -0.2) is 4.98 Å². The molecule has 1 aliphatic rings. The standard InChI is InChI=1S/C13H19N3O2/c1-16(2)12(17)10-4-5-11(14-8-10)15-9-13(18)6-3-7-13/h4-5,8,18H,3,6-7,9H2,1-2H3,(H,14,15). The molecule has 0 bridgehead atoms. The molecule has 98 valence electrons. The minimum Gasteiger partial charge on any atom is -0.388 e. The Hall–Kier alpha value is -1.62. The van der Waals surface area contributed by atoms with Gasteiger partial charge in [0.1, 0.15) is 5.82 Å². The van der Waals surface area contributed by atoms with Crippen molar-refractivity contribution in [3.8, 4) is 0 Å². The van der Waals surface area contributed by atoms with Crippen LogP contribution in [0.5, 0.6) is 0 Å². The van der Waals surface area contributed by atoms with Crippen LogP contribution in [0, 0.1) is 0 Å². The number of nitrogens with one attached hydrogen (secondary N) is 1. The molecule has 1 fully saturated rings. The minimum atomic E-state index is -0.570. The highest BCUT2D eigenvalue weighted by Gasteiger charge is 2.33. The molecule has 18 heavy (non-hydrogen) atoms. The lowest BCUT2D eigenvalue weighted by Crippen LogP contribution is -2.43. The molecular weight excluding hydrogens is 230 g/mol. The third kappa shape index (κ3) is 2.79. The molecule has 0 aliphatic heterocycles. The molecule has 0 atom stereocenters. The first-order valence-electron chi connectivity index (χ1n) is 6.14. The highest BCUT2D eigenvalue weighted by Crippen LogP contribution is 2.31. The van der Waals surface area contributed by atoms with Crippen molar-refractivity contribution in [2.75, 3.05) is 26.0 Å². The lowest BCUT2D eigenvalue weighted by Gasteiger charge is -2.36. The number of rotatable bonds is 4. The maximum absolute atomic E-state index is 11.7. The van der Waals surface area contributed by atoms with E-state index in [2.05, 4.69) is 10.3 Å². The number of aromatic nitrogens is 1. The first kappa shape index (κ1) is 12.8. The largest absolute Gasteiger partial charge is 0.388 e. The molecule has 0 radical (unpaired) electrons. The summed E-state index contributed by atoms with van der Waals surface area (Å²) in [5.74, 6) is 0.623. The molecule has 5 heteroatoms. The fraction of sp³-hybridized carbons (Fsp3) is 0.538. The van der Waals surface area contributed by atoms with E-state index in [4.69, 9.17) is 0 Å². The van der Waals surface area contributed by atoms with Crippen molar-refractivity contribution < 1.29 is 9.90 Å². The molecular formula is C13H19N3O2. The van der Waals surface area contributed by atoms with Gasteiger partial charge in [0.25, 0.3) is 5.91 Å². The van der Waals surface area contributed by atoms with Crippen molar-refractivity contribution in [3.05, 3.63) is 23.9 Å². The number of amides is 1. The second-order valence-electron chi connectivity index (χ2n) is 5.06. The van der Waals surface area contributed by atoms with Gasteiger partial charge in [-0.2, -0.15) is 0 Å². The molecule has 1 aromatic heterocycles. The number of nitrogens with zero attached hydrogens (tertiary/aromatic N) is 2. The third-order valence-corrected chi connectivity index (χ3v) is 3.30. The van der Waals surface area contributed by atoms with Gasteiger partial charge in [-0.05, 0) is 31.4 Å². The van der Waals surface area contributed by atoms with Crippen molar-refractivity contribution in [1.82, 2.24) is 9.88 Å². The Labute approximate surface area is 107 Å². The lowest BCUT2D eigenvalue weighted by atomic mass is 9.80. The highest BCUT2D eigenvalue weighted by molar-refractivity contribution is 5.93. The predicted molar refractivity (Wildman–Crippen MR) is 69.5 cm³/mol. The van der Waals surface area contributed by atoms with Crippen LogP contribution in [0.1, 0.15) is 29.6 Å². The van der Waals surface area contributed by atoms with E-state index in [1.807, 2.05) is 0 Å². The van der Waals surface area contributed by atoms with Crippen molar-refractivity contribution >= 4 is 11.7 Å². The van der Waals surface area contributed by atoms with Crippen molar-refractivity contribution in [3.63, 3.8) is 0 Å². The van der Waals surface area contributed by atoms with Crippen LogP contribution in [0.2, 0.25) is 0 Å². The molecule has 1 heterocycles. The zero-order chi connectivity index (χ0) is 13.2. The van der Waals surface area contributed by atoms with Crippen LogP contribution in [-0.4, -0.2) is 47.1 Å². The van der Waals surface area contributed by atoms with Crippen molar-refractivity contribution in [2.24, 2.45) is 0 Å². The Morgan fingerprint density at radius 1 is 1.50 bits per heavy atom. The summed E-state index contributed by atoms with van der Waals surface area (Å²) in [6.07, 6.45) is 4.33. The number of hydrogen-bond acceptors (Lipinski definition) is 4. The fourth-order valence-corrected chi connectivity index (χ4v) is 1.90. The molecule has 5 nitrogen and oxygen atoms in total. The average Bonchev–Trinajstić information content (AvgIpc) is 2.33. The number of carbonyl (C=O) groups excluding carboxylic acids is 1. The van der Waals surface area contributed by atoms with E-state index in [-0.39, 0.29) is 5.91 Å². The summed E-state index contributed by atoms with van der Waals surface area (Å²) < 4.78 is 0. The monoisotopic (exact) mass is 249 g/mol. The Balaban J connectivity index is 1.93. The van der Waals surface area contributed by atoms with Gasteiger partial charge >= 0.3 is 0 Å². The zero-order valence-electron chi connectivity index (χ0n) is 10.8. The summed E-state index contributed by atoms with van der Waals surface area (Å²) in [5, 5.41) is 13.0. The van der Waals surface area contributed by atoms with E-state index < -0.39 is 5.60 Å². The number of anilines is 1. The van der Waals surface area contributed by atoms with E-state index in [1.54, 1.807) is 32.4 Å². The predicted octanol–water partition coefficient (Wildman–Crippen LogP) is 1.11. The van der Waals surface area contributed by atoms with E-state index in [1.165, 1.54) is 4.90 Å². The van der Waals surface area contributed by atoms with Crippen LogP contribution in [0.15, 0.2) is 18.3 Å². The molecule has 2 rings (SSSR count). The molecule has 0 unspecified atom stereocenters. The minimum absolute atomic E-state index is 0.0633. The topological polar surface area (TPSA) is 65.5 Å². The molecule has 0 spiro atoms. The van der Waals surface area contributed by atoms with Crippen LogP contribution in [-0.2, 0) is 0 Å². The van der Waals surface area contributed by atoms with Gasteiger partial charge in [0.05, 0.1) is 11.2 Å². The fourth-order valence-electron chi connectivity index (χ4n) is 1.90. The smallest absolute Gasteiger partial charge is 0.254 e. The molecule has 0 aromatic carbocycles. The van der Waals surface area contributed by atoms with Crippen LogP contribution in [0.4, 0.5) is 5.82 Å². The molecule has 1 aliphatic carbocycles. The Morgan fingerprint density at radius 3 is 2.67 bits per heavy atom. The lowest BCUT2D eigenvalue weighted by molar-refractivity contribution is -0.0202. The number of pyridine rings is 1. The van der Waals surface area contributed by atoms with Gasteiger partial charge < -0.3 is 15.3 Å². The van der Waals surface area contributed by atoms with Crippen LogP contribution in [0.25, 0.3) is 0 Å². The molecule has 1 aromatic rings. The van der Waals surface area contributed by atoms with Gasteiger partial charge in [0.15, 0.2) is 0 Å². The SMILES string of the molecule is CN(C)C(=O)c1ccc(NCC2(O)CCC2)nc1. The normalized spacial score (nSPS) is 16.8. The van der Waals surface area contributed by atoms with Crippen LogP contribution >= 0.6 is 0 Å². The van der Waals surface area contributed by atoms with E-state index in [0.29, 0.717) is 17.9 Å². The second-order valence-corrected chi connectivity index (χ2v) is 5.06. The average molecular weight is 249 g/mol. The van der Waals surface area contributed by atoms with Gasteiger partial charge in [0, 0.05) is 26.8 Å².